The lowest BCUT2D eigenvalue weighted by molar-refractivity contribution is -0.0476. The van der Waals surface area contributed by atoms with E-state index in [2.05, 4.69) is 19.9 Å². The molecule has 0 bridgehead atoms. The fraction of sp³-hybridized carbons (Fsp3) is 0.381. The van der Waals surface area contributed by atoms with Gasteiger partial charge in [-0.15, -0.1) is 0 Å². The van der Waals surface area contributed by atoms with Crippen molar-refractivity contribution in [3.05, 3.63) is 53.1 Å². The molecule has 2 aromatic rings. The second-order valence-electron chi connectivity index (χ2n) is 7.30. The lowest BCUT2D eigenvalue weighted by atomic mass is 9.94. The van der Waals surface area contributed by atoms with Crippen molar-refractivity contribution in [1.29, 1.82) is 0 Å². The van der Waals surface area contributed by atoms with E-state index in [0.29, 0.717) is 0 Å². The molecular formula is C21H24N2O3. The van der Waals surface area contributed by atoms with E-state index < -0.39 is 0 Å². The number of phenols is 1. The van der Waals surface area contributed by atoms with Crippen molar-refractivity contribution in [3.63, 3.8) is 0 Å². The molecule has 0 spiro atoms. The summed E-state index contributed by atoms with van der Waals surface area (Å²) in [4.78, 5) is 0. The minimum Gasteiger partial charge on any atom is -0.507 e. The van der Waals surface area contributed by atoms with Gasteiger partial charge >= 0.3 is 0 Å². The molecule has 2 aliphatic rings. The van der Waals surface area contributed by atoms with Gasteiger partial charge in [0.15, 0.2) is 17.7 Å². The standard InChI is InChI=1S/C21H24N2O3/c1-12(2)21-23-17(14-6-5-7-19(25-4)20(14)26-21)11-16(22-23)15-10-13(3)8-9-18(15)24/h5-10,12,17,21,24H,11H2,1-4H3/t17-,21-/m1/s1. The van der Waals surface area contributed by atoms with Crippen LogP contribution in [0.1, 0.15) is 43.0 Å². The Morgan fingerprint density at radius 1 is 1.27 bits per heavy atom. The number of hydrogen-bond acceptors (Lipinski definition) is 5. The third kappa shape index (κ3) is 2.59. The fourth-order valence-electron chi connectivity index (χ4n) is 3.76. The van der Waals surface area contributed by atoms with Crippen molar-refractivity contribution in [2.24, 2.45) is 11.0 Å². The average Bonchev–Trinajstić information content (AvgIpc) is 3.07. The SMILES string of the molecule is COc1cccc2c1O[C@H](C(C)C)N1N=C(c3cc(C)ccc3O)C[C@H]21. The number of methoxy groups -OCH3 is 1. The van der Waals surface area contributed by atoms with Crippen LogP contribution in [0, 0.1) is 12.8 Å². The molecule has 5 heteroatoms. The van der Waals surface area contributed by atoms with Crippen molar-refractivity contribution in [1.82, 2.24) is 5.01 Å². The Hall–Kier alpha value is -2.69. The Kier molecular flexibility index (Phi) is 4.02. The van der Waals surface area contributed by atoms with Gasteiger partial charge in [0.2, 0.25) is 0 Å². The number of ether oxygens (including phenoxy) is 2. The van der Waals surface area contributed by atoms with Crippen LogP contribution in [0.2, 0.25) is 0 Å². The number of phenolic OH excluding ortho intramolecular Hbond substituents is 1. The summed E-state index contributed by atoms with van der Waals surface area (Å²) in [5, 5.41) is 17.2. The highest BCUT2D eigenvalue weighted by molar-refractivity contribution is 6.04. The predicted molar refractivity (Wildman–Crippen MR) is 101 cm³/mol. The summed E-state index contributed by atoms with van der Waals surface area (Å²) < 4.78 is 11.8. The van der Waals surface area contributed by atoms with Crippen LogP contribution in [-0.4, -0.2) is 29.2 Å². The molecule has 26 heavy (non-hydrogen) atoms. The molecule has 2 heterocycles. The molecule has 2 atom stereocenters. The van der Waals surface area contributed by atoms with E-state index in [1.54, 1.807) is 13.2 Å². The van der Waals surface area contributed by atoms with Crippen LogP contribution in [0.25, 0.3) is 0 Å². The van der Waals surface area contributed by atoms with Crippen molar-refractivity contribution in [3.8, 4) is 17.2 Å². The molecule has 1 N–H and O–H groups in total. The summed E-state index contributed by atoms with van der Waals surface area (Å²) in [7, 11) is 1.66. The molecule has 0 radical (unpaired) electrons. The van der Waals surface area contributed by atoms with Crippen LogP contribution in [0.4, 0.5) is 0 Å². The van der Waals surface area contributed by atoms with E-state index in [-0.39, 0.29) is 23.9 Å². The molecule has 0 unspecified atom stereocenters. The third-order valence-electron chi connectivity index (χ3n) is 5.06. The molecule has 0 aliphatic carbocycles. The Labute approximate surface area is 153 Å². The molecule has 0 saturated heterocycles. The molecule has 0 saturated carbocycles. The Morgan fingerprint density at radius 3 is 2.81 bits per heavy atom. The highest BCUT2D eigenvalue weighted by Gasteiger charge is 2.42. The number of rotatable bonds is 3. The minimum atomic E-state index is -0.173. The highest BCUT2D eigenvalue weighted by atomic mass is 16.5. The highest BCUT2D eigenvalue weighted by Crippen LogP contribution is 2.48. The monoisotopic (exact) mass is 352 g/mol. The summed E-state index contributed by atoms with van der Waals surface area (Å²) in [6.45, 7) is 6.27. The van der Waals surface area contributed by atoms with Crippen molar-refractivity contribution in [2.75, 3.05) is 7.11 Å². The number of hydrogen-bond donors (Lipinski definition) is 1. The van der Waals surface area contributed by atoms with Gasteiger partial charge in [-0.3, -0.25) is 0 Å². The smallest absolute Gasteiger partial charge is 0.190 e. The van der Waals surface area contributed by atoms with Gasteiger partial charge in [-0.1, -0.05) is 37.6 Å². The first-order valence-electron chi connectivity index (χ1n) is 8.99. The predicted octanol–water partition coefficient (Wildman–Crippen LogP) is 4.23. The molecule has 5 nitrogen and oxygen atoms in total. The van der Waals surface area contributed by atoms with Gasteiger partial charge in [-0.05, 0) is 25.1 Å². The molecular weight excluding hydrogens is 328 g/mol. The number of fused-ring (bicyclic) bond motifs is 3. The maximum Gasteiger partial charge on any atom is 0.190 e. The van der Waals surface area contributed by atoms with Crippen molar-refractivity contribution in [2.45, 2.75) is 39.5 Å². The van der Waals surface area contributed by atoms with Gasteiger partial charge in [0.1, 0.15) is 5.75 Å². The average molecular weight is 352 g/mol. The molecule has 0 aromatic heterocycles. The van der Waals surface area contributed by atoms with Crippen molar-refractivity contribution < 1.29 is 14.6 Å². The second-order valence-corrected chi connectivity index (χ2v) is 7.30. The topological polar surface area (TPSA) is 54.3 Å². The third-order valence-corrected chi connectivity index (χ3v) is 5.06. The zero-order valence-electron chi connectivity index (χ0n) is 15.6. The lowest BCUT2D eigenvalue weighted by Gasteiger charge is -2.40. The van der Waals surface area contributed by atoms with Crippen LogP contribution in [0.5, 0.6) is 17.2 Å². The minimum absolute atomic E-state index is 0.0798. The first-order valence-corrected chi connectivity index (χ1v) is 8.99. The van der Waals surface area contributed by atoms with Crippen LogP contribution in [-0.2, 0) is 0 Å². The maximum absolute atomic E-state index is 10.3. The fourth-order valence-corrected chi connectivity index (χ4v) is 3.76. The number of benzene rings is 2. The second kappa shape index (κ2) is 6.24. The van der Waals surface area contributed by atoms with Crippen LogP contribution in [0.15, 0.2) is 41.5 Å². The lowest BCUT2D eigenvalue weighted by Crippen LogP contribution is -2.43. The van der Waals surface area contributed by atoms with E-state index in [9.17, 15) is 5.11 Å². The summed E-state index contributed by atoms with van der Waals surface area (Å²) in [6, 6.07) is 11.7. The zero-order valence-corrected chi connectivity index (χ0v) is 15.6. The van der Waals surface area contributed by atoms with E-state index in [1.165, 1.54) is 0 Å². The first-order chi connectivity index (χ1) is 12.5. The van der Waals surface area contributed by atoms with Crippen molar-refractivity contribution >= 4 is 5.71 Å². The molecule has 2 aliphatic heterocycles. The molecule has 136 valence electrons. The number of aryl methyl sites for hydroxylation is 1. The van der Waals surface area contributed by atoms with E-state index in [4.69, 9.17) is 14.6 Å². The molecule has 2 aromatic carbocycles. The van der Waals surface area contributed by atoms with E-state index in [1.807, 2.05) is 36.2 Å². The van der Waals surface area contributed by atoms with E-state index in [0.717, 1.165) is 40.3 Å². The van der Waals surface area contributed by atoms with E-state index >= 15 is 0 Å². The van der Waals surface area contributed by atoms with Gasteiger partial charge in [0.25, 0.3) is 0 Å². The van der Waals surface area contributed by atoms with Gasteiger partial charge in [0.05, 0.1) is 18.9 Å². The largest absolute Gasteiger partial charge is 0.507 e. The molecule has 0 amide bonds. The van der Waals surface area contributed by atoms with Crippen LogP contribution in [0.3, 0.4) is 0 Å². The first kappa shape index (κ1) is 16.8. The quantitative estimate of drug-likeness (QED) is 0.898. The van der Waals surface area contributed by atoms with Gasteiger partial charge in [-0.2, -0.15) is 5.10 Å². The number of hydrazone groups is 1. The normalized spacial score (nSPS) is 21.1. The summed E-state index contributed by atoms with van der Waals surface area (Å²) in [5.41, 5.74) is 3.86. The Bertz CT molecular complexity index is 876. The number of aromatic hydroxyl groups is 1. The van der Waals surface area contributed by atoms with Crippen LogP contribution >= 0.6 is 0 Å². The van der Waals surface area contributed by atoms with Gasteiger partial charge in [0, 0.05) is 23.5 Å². The summed E-state index contributed by atoms with van der Waals surface area (Å²) >= 11 is 0. The Balaban J connectivity index is 1.80. The summed E-state index contributed by atoms with van der Waals surface area (Å²) in [6.07, 6.45) is 0.553. The molecule has 0 fully saturated rings. The zero-order chi connectivity index (χ0) is 18.4. The van der Waals surface area contributed by atoms with Crippen LogP contribution < -0.4 is 9.47 Å². The Morgan fingerprint density at radius 2 is 2.08 bits per heavy atom. The van der Waals surface area contributed by atoms with Gasteiger partial charge in [-0.25, -0.2) is 5.01 Å². The summed E-state index contributed by atoms with van der Waals surface area (Å²) in [5.74, 6) is 2.08. The number of para-hydroxylation sites is 1. The van der Waals surface area contributed by atoms with Gasteiger partial charge < -0.3 is 14.6 Å². The number of nitrogens with zero attached hydrogens (tertiary/aromatic N) is 2. The maximum atomic E-state index is 10.3. The molecule has 4 rings (SSSR count).